The van der Waals surface area contributed by atoms with Crippen molar-refractivity contribution < 1.29 is 0 Å². The highest BCUT2D eigenvalue weighted by atomic mass is 15.1. The summed E-state index contributed by atoms with van der Waals surface area (Å²) in [5.41, 5.74) is 4.82. The number of hydrogen-bond acceptors (Lipinski definition) is 1. The molecule has 0 fully saturated rings. The van der Waals surface area contributed by atoms with Gasteiger partial charge < -0.3 is 4.90 Å². The largest absolute Gasteiger partial charge is 0.370 e. The number of nitrogens with zero attached hydrogens (tertiary/aromatic N) is 1. The molecule has 0 aromatic heterocycles. The first-order valence-corrected chi connectivity index (χ1v) is 5.72. The molecule has 0 radical (unpaired) electrons. The van der Waals surface area contributed by atoms with Gasteiger partial charge in [0, 0.05) is 19.3 Å². The summed E-state index contributed by atoms with van der Waals surface area (Å²) in [6.45, 7) is 8.63. The van der Waals surface area contributed by atoms with Crippen LogP contribution in [0.2, 0.25) is 0 Å². The van der Waals surface area contributed by atoms with Gasteiger partial charge >= 0.3 is 0 Å². The van der Waals surface area contributed by atoms with Crippen molar-refractivity contribution in [1.82, 2.24) is 4.90 Å². The van der Waals surface area contributed by atoms with Gasteiger partial charge in [0.1, 0.15) is 0 Å². The van der Waals surface area contributed by atoms with Crippen LogP contribution in [0.5, 0.6) is 0 Å². The molecule has 0 aliphatic carbocycles. The summed E-state index contributed by atoms with van der Waals surface area (Å²) in [6.07, 6.45) is 7.99. The third-order valence-electron chi connectivity index (χ3n) is 3.03. The summed E-state index contributed by atoms with van der Waals surface area (Å²) in [4.78, 5) is 2.20. The van der Waals surface area contributed by atoms with Gasteiger partial charge in [0.15, 0.2) is 0 Å². The smallest absolute Gasteiger partial charge is 0.0434 e. The van der Waals surface area contributed by atoms with Crippen LogP contribution in [-0.2, 0) is 6.54 Å². The van der Waals surface area contributed by atoms with Gasteiger partial charge in [-0.05, 0) is 22.8 Å². The number of allylic oxidation sites excluding steroid dienone is 4. The molecule has 0 amide bonds. The van der Waals surface area contributed by atoms with Gasteiger partial charge in [-0.2, -0.15) is 0 Å². The van der Waals surface area contributed by atoms with Crippen molar-refractivity contribution in [2.45, 2.75) is 6.54 Å². The Bertz CT molecular complexity index is 506. The molecule has 0 N–H and O–H groups in total. The molecule has 1 aliphatic heterocycles. The highest BCUT2D eigenvalue weighted by molar-refractivity contribution is 5.60. The Hall–Kier alpha value is -2.02. The van der Waals surface area contributed by atoms with E-state index >= 15 is 0 Å². The molecule has 86 valence electrons. The standard InChI is InChI=1S/C16H17N/c1-4-13-10-11-14-8-6-7-9-15(14)12-17(3)16(13)5-2/h4-11H,1-2,12H2,3H3/b11-10-,16-13-. The van der Waals surface area contributed by atoms with E-state index in [1.165, 1.54) is 11.1 Å². The number of benzene rings is 1. The quantitative estimate of drug-likeness (QED) is 0.737. The zero-order chi connectivity index (χ0) is 12.3. The van der Waals surface area contributed by atoms with E-state index in [0.29, 0.717) is 0 Å². The first-order chi connectivity index (χ1) is 8.26. The molecule has 1 nitrogen and oxygen atoms in total. The molecule has 1 aromatic rings. The van der Waals surface area contributed by atoms with Crippen molar-refractivity contribution in [3.63, 3.8) is 0 Å². The van der Waals surface area contributed by atoms with Crippen LogP contribution in [0.25, 0.3) is 6.08 Å². The molecule has 0 bridgehead atoms. The zero-order valence-corrected chi connectivity index (χ0v) is 10.2. The van der Waals surface area contributed by atoms with E-state index in [4.69, 9.17) is 0 Å². The summed E-state index contributed by atoms with van der Waals surface area (Å²) in [6, 6.07) is 8.44. The van der Waals surface area contributed by atoms with Crippen molar-refractivity contribution in [3.8, 4) is 0 Å². The fraction of sp³-hybridized carbons (Fsp3) is 0.125. The van der Waals surface area contributed by atoms with Crippen molar-refractivity contribution in [2.75, 3.05) is 7.05 Å². The van der Waals surface area contributed by atoms with Crippen molar-refractivity contribution in [1.29, 1.82) is 0 Å². The van der Waals surface area contributed by atoms with Gasteiger partial charge in [-0.1, -0.05) is 55.7 Å². The van der Waals surface area contributed by atoms with Crippen LogP contribution in [0, 0.1) is 0 Å². The Kier molecular flexibility index (Phi) is 3.29. The molecule has 2 rings (SSSR count). The summed E-state index contributed by atoms with van der Waals surface area (Å²) in [7, 11) is 2.08. The summed E-state index contributed by atoms with van der Waals surface area (Å²) < 4.78 is 0. The topological polar surface area (TPSA) is 3.24 Å². The third-order valence-corrected chi connectivity index (χ3v) is 3.03. The van der Waals surface area contributed by atoms with Gasteiger partial charge in [-0.3, -0.25) is 0 Å². The Balaban J connectivity index is 2.55. The van der Waals surface area contributed by atoms with Crippen molar-refractivity contribution >= 4 is 6.08 Å². The minimum Gasteiger partial charge on any atom is -0.370 e. The van der Waals surface area contributed by atoms with E-state index in [1.807, 2.05) is 12.2 Å². The van der Waals surface area contributed by atoms with Crippen LogP contribution < -0.4 is 0 Å². The third kappa shape index (κ3) is 2.23. The maximum atomic E-state index is 3.88. The van der Waals surface area contributed by atoms with Crippen LogP contribution in [-0.4, -0.2) is 11.9 Å². The number of hydrogen-bond donors (Lipinski definition) is 0. The van der Waals surface area contributed by atoms with Gasteiger partial charge in [-0.15, -0.1) is 0 Å². The second-order valence-electron chi connectivity index (χ2n) is 4.14. The molecule has 1 heterocycles. The monoisotopic (exact) mass is 223 g/mol. The first kappa shape index (κ1) is 11.5. The molecular formula is C16H17N. The molecule has 0 saturated carbocycles. The summed E-state index contributed by atoms with van der Waals surface area (Å²) in [5, 5.41) is 0. The van der Waals surface area contributed by atoms with Gasteiger partial charge in [0.05, 0.1) is 0 Å². The van der Waals surface area contributed by atoms with Crippen LogP contribution in [0.4, 0.5) is 0 Å². The average molecular weight is 223 g/mol. The highest BCUT2D eigenvalue weighted by Crippen LogP contribution is 2.22. The second-order valence-corrected chi connectivity index (χ2v) is 4.14. The SMILES string of the molecule is C=CC1=C(\C=C)N(C)Cc2ccccc2/C=C\1. The van der Waals surface area contributed by atoms with Crippen LogP contribution in [0.15, 0.2) is 66.9 Å². The first-order valence-electron chi connectivity index (χ1n) is 5.72. The maximum Gasteiger partial charge on any atom is 0.0434 e. The predicted octanol–water partition coefficient (Wildman–Crippen LogP) is 3.77. The van der Waals surface area contributed by atoms with Gasteiger partial charge in [0.25, 0.3) is 0 Å². The Morgan fingerprint density at radius 1 is 1.12 bits per heavy atom. The summed E-state index contributed by atoms with van der Waals surface area (Å²) in [5.74, 6) is 0. The van der Waals surface area contributed by atoms with Gasteiger partial charge in [-0.25, -0.2) is 0 Å². The van der Waals surface area contributed by atoms with Crippen LogP contribution in [0.3, 0.4) is 0 Å². The molecule has 0 unspecified atom stereocenters. The number of fused-ring (bicyclic) bond motifs is 1. The fourth-order valence-corrected chi connectivity index (χ4v) is 2.11. The van der Waals surface area contributed by atoms with E-state index in [2.05, 4.69) is 61.5 Å². The predicted molar refractivity (Wildman–Crippen MR) is 74.4 cm³/mol. The Morgan fingerprint density at radius 2 is 1.88 bits per heavy atom. The highest BCUT2D eigenvalue weighted by Gasteiger charge is 2.10. The number of rotatable bonds is 2. The van der Waals surface area contributed by atoms with E-state index in [9.17, 15) is 0 Å². The van der Waals surface area contributed by atoms with E-state index < -0.39 is 0 Å². The van der Waals surface area contributed by atoms with Gasteiger partial charge in [0.2, 0.25) is 0 Å². The zero-order valence-electron chi connectivity index (χ0n) is 10.2. The Morgan fingerprint density at radius 3 is 2.59 bits per heavy atom. The van der Waals surface area contributed by atoms with Crippen LogP contribution >= 0.6 is 0 Å². The minimum absolute atomic E-state index is 0.888. The molecule has 0 spiro atoms. The molecule has 1 heteroatoms. The van der Waals surface area contributed by atoms with E-state index in [-0.39, 0.29) is 0 Å². The molecule has 17 heavy (non-hydrogen) atoms. The van der Waals surface area contributed by atoms with E-state index in [1.54, 1.807) is 0 Å². The summed E-state index contributed by atoms with van der Waals surface area (Å²) >= 11 is 0. The van der Waals surface area contributed by atoms with Crippen molar-refractivity contribution in [2.24, 2.45) is 0 Å². The second kappa shape index (κ2) is 4.88. The molecule has 0 atom stereocenters. The minimum atomic E-state index is 0.888. The Labute approximate surface area is 103 Å². The fourth-order valence-electron chi connectivity index (χ4n) is 2.11. The normalized spacial score (nSPS) is 21.1. The maximum absolute atomic E-state index is 3.88. The molecule has 1 aromatic carbocycles. The van der Waals surface area contributed by atoms with E-state index in [0.717, 1.165) is 17.8 Å². The van der Waals surface area contributed by atoms with Crippen LogP contribution in [0.1, 0.15) is 11.1 Å². The molecule has 1 aliphatic rings. The van der Waals surface area contributed by atoms with Crippen molar-refractivity contribution in [3.05, 3.63) is 78.0 Å². The number of likely N-dealkylation sites (N-methyl/N-ethyl adjacent to an activating group) is 1. The average Bonchev–Trinajstić information content (AvgIpc) is 2.33. The lowest BCUT2D eigenvalue weighted by molar-refractivity contribution is 0.422. The lowest BCUT2D eigenvalue weighted by atomic mass is 10.0. The molecule has 0 saturated heterocycles. The lowest BCUT2D eigenvalue weighted by Gasteiger charge is -2.24. The lowest BCUT2D eigenvalue weighted by Crippen LogP contribution is -2.18. The molecular weight excluding hydrogens is 206 g/mol.